The number of nitrogens with zero attached hydrogens (tertiary/aromatic N) is 3. The lowest BCUT2D eigenvalue weighted by Crippen LogP contribution is -2.46. The molecule has 6 nitrogen and oxygen atoms in total. The van der Waals surface area contributed by atoms with Gasteiger partial charge in [0, 0.05) is 12.2 Å². The van der Waals surface area contributed by atoms with Crippen molar-refractivity contribution in [3.8, 4) is 11.4 Å². The summed E-state index contributed by atoms with van der Waals surface area (Å²) in [7, 11) is 1.67. The zero-order valence-electron chi connectivity index (χ0n) is 16.5. The number of ether oxygens (including phenoxy) is 1. The van der Waals surface area contributed by atoms with E-state index in [1.54, 1.807) is 11.8 Å². The number of nitrogens with one attached hydrogen (secondary N) is 1. The minimum Gasteiger partial charge on any atom is -0.497 e. The maximum atomic E-state index is 13.3. The summed E-state index contributed by atoms with van der Waals surface area (Å²) in [4.78, 5) is 20.6. The monoisotopic (exact) mass is 388 g/mol. The van der Waals surface area contributed by atoms with E-state index in [1.165, 1.54) is 6.42 Å². The zero-order valence-corrected chi connectivity index (χ0v) is 16.5. The van der Waals surface area contributed by atoms with Crippen molar-refractivity contribution in [3.05, 3.63) is 81.2 Å². The van der Waals surface area contributed by atoms with Crippen molar-refractivity contribution >= 4 is 5.70 Å². The molecule has 0 saturated carbocycles. The molecule has 1 aromatic heterocycles. The van der Waals surface area contributed by atoms with Gasteiger partial charge in [0.2, 0.25) is 0 Å². The SMILES string of the molecule is COc1ccc(C2N=c3[nH]n(-c4ccccc4)c(=O)c3=C3CCCCCN32)cc1. The molecule has 1 saturated heterocycles. The third-order valence-corrected chi connectivity index (χ3v) is 5.79. The number of rotatable bonds is 3. The second kappa shape index (κ2) is 7.28. The Morgan fingerprint density at radius 2 is 1.83 bits per heavy atom. The fourth-order valence-electron chi connectivity index (χ4n) is 4.33. The third kappa shape index (κ3) is 3.05. The Bertz CT molecular complexity index is 1190. The maximum Gasteiger partial charge on any atom is 0.282 e. The summed E-state index contributed by atoms with van der Waals surface area (Å²) in [6.07, 6.45) is 4.14. The molecule has 0 amide bonds. The molecule has 1 unspecified atom stereocenters. The number of H-pyrrole nitrogens is 1. The number of fused-ring (bicyclic) bond motifs is 2. The quantitative estimate of drug-likeness (QED) is 0.750. The molecule has 3 heterocycles. The first-order valence-electron chi connectivity index (χ1n) is 10.1. The number of para-hydroxylation sites is 1. The van der Waals surface area contributed by atoms with E-state index in [4.69, 9.17) is 9.73 Å². The Hall–Kier alpha value is -3.28. The van der Waals surface area contributed by atoms with Crippen LogP contribution in [0.15, 0.2) is 64.4 Å². The summed E-state index contributed by atoms with van der Waals surface area (Å²) in [5, 5.41) is 3.98. The number of hydrogen-bond donors (Lipinski definition) is 1. The molecular weight excluding hydrogens is 364 g/mol. The number of aromatic nitrogens is 2. The minimum atomic E-state index is -0.135. The molecule has 148 valence electrons. The lowest BCUT2D eigenvalue weighted by atomic mass is 10.1. The van der Waals surface area contributed by atoms with Crippen LogP contribution in [0.2, 0.25) is 0 Å². The van der Waals surface area contributed by atoms with Crippen LogP contribution in [0.25, 0.3) is 11.4 Å². The molecule has 5 rings (SSSR count). The van der Waals surface area contributed by atoms with Crippen LogP contribution in [0.3, 0.4) is 0 Å². The Labute approximate surface area is 168 Å². The van der Waals surface area contributed by atoms with Crippen molar-refractivity contribution in [2.75, 3.05) is 13.7 Å². The van der Waals surface area contributed by atoms with Crippen LogP contribution in [-0.2, 0) is 0 Å². The van der Waals surface area contributed by atoms with Crippen LogP contribution in [0.1, 0.15) is 37.4 Å². The van der Waals surface area contributed by atoms with Gasteiger partial charge in [-0.15, -0.1) is 0 Å². The van der Waals surface area contributed by atoms with E-state index in [1.807, 2.05) is 42.5 Å². The Morgan fingerprint density at radius 1 is 1.03 bits per heavy atom. The van der Waals surface area contributed by atoms with Crippen molar-refractivity contribution in [2.45, 2.75) is 31.8 Å². The van der Waals surface area contributed by atoms with Gasteiger partial charge in [-0.2, -0.15) is 0 Å². The number of hydrogen-bond acceptors (Lipinski definition) is 4. The molecule has 2 aliphatic rings. The average Bonchev–Trinajstić information content (AvgIpc) is 2.94. The highest BCUT2D eigenvalue weighted by Gasteiger charge is 2.29. The van der Waals surface area contributed by atoms with Crippen LogP contribution < -0.4 is 21.0 Å². The van der Waals surface area contributed by atoms with Gasteiger partial charge in [-0.25, -0.2) is 9.67 Å². The molecule has 0 radical (unpaired) electrons. The minimum absolute atomic E-state index is 0.0231. The molecule has 1 atom stereocenters. The summed E-state index contributed by atoms with van der Waals surface area (Å²) >= 11 is 0. The highest BCUT2D eigenvalue weighted by molar-refractivity contribution is 5.46. The zero-order chi connectivity index (χ0) is 19.8. The number of aromatic amines is 1. The molecule has 29 heavy (non-hydrogen) atoms. The third-order valence-electron chi connectivity index (χ3n) is 5.79. The van der Waals surface area contributed by atoms with Crippen LogP contribution in [0, 0.1) is 0 Å². The van der Waals surface area contributed by atoms with Gasteiger partial charge < -0.3 is 9.64 Å². The van der Waals surface area contributed by atoms with Gasteiger partial charge in [-0.1, -0.05) is 36.8 Å². The van der Waals surface area contributed by atoms with E-state index in [-0.39, 0.29) is 11.7 Å². The molecule has 1 N–H and O–H groups in total. The first-order chi connectivity index (χ1) is 14.3. The van der Waals surface area contributed by atoms with Gasteiger partial charge in [0.05, 0.1) is 12.8 Å². The highest BCUT2D eigenvalue weighted by atomic mass is 16.5. The fourth-order valence-corrected chi connectivity index (χ4v) is 4.33. The highest BCUT2D eigenvalue weighted by Crippen LogP contribution is 2.32. The summed E-state index contributed by atoms with van der Waals surface area (Å²) in [5.74, 6) is 0.828. The number of benzene rings is 2. The number of methoxy groups -OCH3 is 1. The lowest BCUT2D eigenvalue weighted by Gasteiger charge is -2.33. The largest absolute Gasteiger partial charge is 0.497 e. The smallest absolute Gasteiger partial charge is 0.282 e. The summed E-state index contributed by atoms with van der Waals surface area (Å²) in [6, 6.07) is 17.7. The van der Waals surface area contributed by atoms with E-state index >= 15 is 0 Å². The standard InChI is InChI=1S/C23H24N4O2/c1-29-18-13-11-16(12-14-18)22-24-21-20(19-10-6-3-7-15-26(19)22)23(28)27(25-21)17-8-4-2-5-9-17/h2,4-5,8-9,11-14,22H,3,6-7,10,15H2,1H3,(H,24,25). The second-order valence-corrected chi connectivity index (χ2v) is 7.54. The van der Waals surface area contributed by atoms with E-state index < -0.39 is 0 Å². The molecule has 1 fully saturated rings. The van der Waals surface area contributed by atoms with Crippen LogP contribution in [-0.4, -0.2) is 28.3 Å². The van der Waals surface area contributed by atoms with Gasteiger partial charge in [0.15, 0.2) is 5.49 Å². The molecule has 0 bridgehead atoms. The van der Waals surface area contributed by atoms with Crippen molar-refractivity contribution in [1.82, 2.24) is 14.7 Å². The van der Waals surface area contributed by atoms with Gasteiger partial charge in [-0.3, -0.25) is 9.89 Å². The first-order valence-corrected chi connectivity index (χ1v) is 10.1. The summed E-state index contributed by atoms with van der Waals surface area (Å²) < 4.78 is 6.92. The summed E-state index contributed by atoms with van der Waals surface area (Å²) in [6.45, 7) is 0.908. The molecule has 6 heteroatoms. The van der Waals surface area contributed by atoms with Crippen molar-refractivity contribution in [3.63, 3.8) is 0 Å². The van der Waals surface area contributed by atoms with Gasteiger partial charge >= 0.3 is 0 Å². The normalized spacial score (nSPS) is 18.4. The predicted molar refractivity (Wildman–Crippen MR) is 111 cm³/mol. The predicted octanol–water partition coefficient (Wildman–Crippen LogP) is 2.49. The van der Waals surface area contributed by atoms with Crippen molar-refractivity contribution < 1.29 is 4.74 Å². The Balaban J connectivity index is 1.72. The van der Waals surface area contributed by atoms with Crippen molar-refractivity contribution in [2.24, 2.45) is 4.99 Å². The fraction of sp³-hybridized carbons (Fsp3) is 0.304. The lowest BCUT2D eigenvalue weighted by molar-refractivity contribution is 0.289. The van der Waals surface area contributed by atoms with E-state index in [0.717, 1.165) is 53.7 Å². The van der Waals surface area contributed by atoms with Gasteiger partial charge in [0.1, 0.15) is 17.1 Å². The maximum absolute atomic E-state index is 13.3. The molecular formula is C23H24N4O2. The first kappa shape index (κ1) is 17.8. The Morgan fingerprint density at radius 3 is 2.59 bits per heavy atom. The van der Waals surface area contributed by atoms with E-state index in [9.17, 15) is 4.79 Å². The second-order valence-electron chi connectivity index (χ2n) is 7.54. The van der Waals surface area contributed by atoms with Crippen LogP contribution in [0.5, 0.6) is 5.75 Å². The van der Waals surface area contributed by atoms with Gasteiger partial charge in [-0.05, 0) is 49.1 Å². The van der Waals surface area contributed by atoms with Gasteiger partial charge in [0.25, 0.3) is 5.56 Å². The van der Waals surface area contributed by atoms with E-state index in [0.29, 0.717) is 5.49 Å². The Kier molecular flexibility index (Phi) is 4.46. The molecule has 0 spiro atoms. The van der Waals surface area contributed by atoms with Crippen molar-refractivity contribution in [1.29, 1.82) is 0 Å². The topological polar surface area (TPSA) is 62.6 Å². The van der Waals surface area contributed by atoms with E-state index in [2.05, 4.69) is 22.1 Å². The molecule has 2 aliphatic heterocycles. The van der Waals surface area contributed by atoms with Crippen LogP contribution >= 0.6 is 0 Å². The molecule has 3 aromatic rings. The molecule has 0 aliphatic carbocycles. The molecule has 2 aromatic carbocycles. The summed E-state index contributed by atoms with van der Waals surface area (Å²) in [5.41, 5.74) is 3.69. The average molecular weight is 388 g/mol. The van der Waals surface area contributed by atoms with Crippen LogP contribution in [0.4, 0.5) is 0 Å².